The van der Waals surface area contributed by atoms with Gasteiger partial charge in [-0.05, 0) is 24.6 Å². The summed E-state index contributed by atoms with van der Waals surface area (Å²) in [6.45, 7) is 3.19. The highest BCUT2D eigenvalue weighted by atomic mass is 35.5. The molecule has 0 saturated carbocycles. The second kappa shape index (κ2) is 9.54. The van der Waals surface area contributed by atoms with Gasteiger partial charge in [0.15, 0.2) is 0 Å². The SMILES string of the molecule is Cc1ccc(N(CCCl)CCCl)cc1NC(=O)CCC(=O)O. The zero-order valence-electron chi connectivity index (χ0n) is 12.4. The van der Waals surface area contributed by atoms with Crippen molar-refractivity contribution in [1.29, 1.82) is 0 Å². The van der Waals surface area contributed by atoms with Gasteiger partial charge in [0.2, 0.25) is 5.91 Å². The van der Waals surface area contributed by atoms with Crippen LogP contribution in [0.25, 0.3) is 0 Å². The number of carboxylic acid groups (broad SMARTS) is 1. The van der Waals surface area contributed by atoms with Gasteiger partial charge in [-0.3, -0.25) is 9.59 Å². The summed E-state index contributed by atoms with van der Waals surface area (Å²) in [6, 6.07) is 5.70. The van der Waals surface area contributed by atoms with Crippen molar-refractivity contribution in [2.75, 3.05) is 35.1 Å². The molecule has 0 aromatic heterocycles. The summed E-state index contributed by atoms with van der Waals surface area (Å²) in [5, 5.41) is 11.4. The summed E-state index contributed by atoms with van der Waals surface area (Å²) in [7, 11) is 0. The molecule has 1 rings (SSSR count). The van der Waals surface area contributed by atoms with E-state index in [1.54, 1.807) is 0 Å². The van der Waals surface area contributed by atoms with Crippen LogP contribution in [-0.2, 0) is 9.59 Å². The number of aryl methyl sites for hydroxylation is 1. The molecule has 0 heterocycles. The van der Waals surface area contributed by atoms with E-state index in [2.05, 4.69) is 5.32 Å². The Balaban J connectivity index is 2.84. The van der Waals surface area contributed by atoms with Crippen molar-refractivity contribution in [3.63, 3.8) is 0 Å². The van der Waals surface area contributed by atoms with Crippen LogP contribution in [0, 0.1) is 6.92 Å². The molecule has 5 nitrogen and oxygen atoms in total. The van der Waals surface area contributed by atoms with Crippen molar-refractivity contribution >= 4 is 46.5 Å². The monoisotopic (exact) mass is 346 g/mol. The molecule has 0 aliphatic rings. The Morgan fingerprint density at radius 2 is 1.82 bits per heavy atom. The largest absolute Gasteiger partial charge is 0.481 e. The average molecular weight is 347 g/mol. The minimum atomic E-state index is -0.990. The number of nitrogens with zero attached hydrogens (tertiary/aromatic N) is 1. The van der Waals surface area contributed by atoms with Gasteiger partial charge in [-0.2, -0.15) is 0 Å². The van der Waals surface area contributed by atoms with Crippen LogP contribution in [0.4, 0.5) is 11.4 Å². The molecule has 0 radical (unpaired) electrons. The molecule has 1 amide bonds. The van der Waals surface area contributed by atoms with Crippen molar-refractivity contribution in [1.82, 2.24) is 0 Å². The number of aliphatic carboxylic acids is 1. The fourth-order valence-corrected chi connectivity index (χ4v) is 2.36. The third-order valence-electron chi connectivity index (χ3n) is 3.14. The van der Waals surface area contributed by atoms with E-state index in [-0.39, 0.29) is 18.7 Å². The molecule has 122 valence electrons. The highest BCUT2D eigenvalue weighted by Crippen LogP contribution is 2.24. The lowest BCUT2D eigenvalue weighted by molar-refractivity contribution is -0.138. The van der Waals surface area contributed by atoms with Crippen LogP contribution in [-0.4, -0.2) is 41.8 Å². The van der Waals surface area contributed by atoms with Gasteiger partial charge < -0.3 is 15.3 Å². The summed E-state index contributed by atoms with van der Waals surface area (Å²) in [4.78, 5) is 24.3. The maximum absolute atomic E-state index is 11.8. The zero-order chi connectivity index (χ0) is 16.5. The zero-order valence-corrected chi connectivity index (χ0v) is 14.0. The van der Waals surface area contributed by atoms with E-state index >= 15 is 0 Å². The van der Waals surface area contributed by atoms with Gasteiger partial charge in [0, 0.05) is 42.6 Å². The fraction of sp³-hybridized carbons (Fsp3) is 0.467. The number of amides is 1. The van der Waals surface area contributed by atoms with Crippen LogP contribution in [0.5, 0.6) is 0 Å². The first kappa shape index (κ1) is 18.6. The maximum Gasteiger partial charge on any atom is 0.303 e. The lowest BCUT2D eigenvalue weighted by atomic mass is 10.1. The van der Waals surface area contributed by atoms with Crippen LogP contribution in [0.3, 0.4) is 0 Å². The van der Waals surface area contributed by atoms with Gasteiger partial charge in [0.1, 0.15) is 0 Å². The fourth-order valence-electron chi connectivity index (χ4n) is 1.95. The van der Waals surface area contributed by atoms with Crippen molar-refractivity contribution in [2.45, 2.75) is 19.8 Å². The molecule has 22 heavy (non-hydrogen) atoms. The summed E-state index contributed by atoms with van der Waals surface area (Å²) < 4.78 is 0. The number of carbonyl (C=O) groups excluding carboxylic acids is 1. The molecule has 1 aromatic rings. The molecule has 0 unspecified atom stereocenters. The van der Waals surface area contributed by atoms with E-state index < -0.39 is 5.97 Å². The van der Waals surface area contributed by atoms with Gasteiger partial charge in [0.25, 0.3) is 0 Å². The Hall–Kier alpha value is -1.46. The highest BCUT2D eigenvalue weighted by molar-refractivity contribution is 6.18. The Morgan fingerprint density at radius 3 is 2.36 bits per heavy atom. The quantitative estimate of drug-likeness (QED) is 0.674. The normalized spacial score (nSPS) is 10.3. The van der Waals surface area contributed by atoms with E-state index in [1.807, 2.05) is 30.0 Å². The minimum absolute atomic E-state index is 0.0495. The second-order valence-corrected chi connectivity index (χ2v) is 5.56. The number of rotatable bonds is 9. The first-order valence-corrected chi connectivity index (χ1v) is 8.04. The molecule has 7 heteroatoms. The molecule has 0 bridgehead atoms. The van der Waals surface area contributed by atoms with Crippen molar-refractivity contribution in [3.05, 3.63) is 23.8 Å². The smallest absolute Gasteiger partial charge is 0.303 e. The third-order valence-corrected chi connectivity index (χ3v) is 3.47. The number of alkyl halides is 2. The number of nitrogens with one attached hydrogen (secondary N) is 1. The van der Waals surface area contributed by atoms with Crippen molar-refractivity contribution < 1.29 is 14.7 Å². The van der Waals surface area contributed by atoms with Crippen LogP contribution in [0.1, 0.15) is 18.4 Å². The maximum atomic E-state index is 11.8. The number of carboxylic acids is 1. The molecule has 0 fully saturated rings. The van der Waals surface area contributed by atoms with Gasteiger partial charge >= 0.3 is 5.97 Å². The lowest BCUT2D eigenvalue weighted by Crippen LogP contribution is -2.27. The number of hydrogen-bond acceptors (Lipinski definition) is 3. The van der Waals surface area contributed by atoms with Crippen LogP contribution in [0.2, 0.25) is 0 Å². The number of carbonyl (C=O) groups is 2. The van der Waals surface area contributed by atoms with Gasteiger partial charge in [0.05, 0.1) is 6.42 Å². The number of anilines is 2. The topological polar surface area (TPSA) is 69.6 Å². The lowest BCUT2D eigenvalue weighted by Gasteiger charge is -2.24. The van der Waals surface area contributed by atoms with Gasteiger partial charge in [-0.25, -0.2) is 0 Å². The van der Waals surface area contributed by atoms with E-state index in [0.717, 1.165) is 11.3 Å². The molecule has 0 aliphatic carbocycles. The van der Waals surface area contributed by atoms with E-state index in [1.165, 1.54) is 0 Å². The van der Waals surface area contributed by atoms with Crippen LogP contribution >= 0.6 is 23.2 Å². The van der Waals surface area contributed by atoms with Crippen LogP contribution in [0.15, 0.2) is 18.2 Å². The highest BCUT2D eigenvalue weighted by Gasteiger charge is 2.11. The minimum Gasteiger partial charge on any atom is -0.481 e. The van der Waals surface area contributed by atoms with Gasteiger partial charge in [-0.15, -0.1) is 23.2 Å². The standard InChI is InChI=1S/C15H20Cl2N2O3/c1-11-2-3-12(19(8-6-16)9-7-17)10-13(11)18-14(20)4-5-15(21)22/h2-3,10H,4-9H2,1H3,(H,18,20)(H,21,22). The Bertz CT molecular complexity index is 518. The van der Waals surface area contributed by atoms with Crippen molar-refractivity contribution in [3.8, 4) is 0 Å². The Kier molecular flexibility index (Phi) is 8.06. The number of halogens is 2. The predicted octanol–water partition coefficient (Wildman–Crippen LogP) is 3.08. The summed E-state index contributed by atoms with van der Waals surface area (Å²) >= 11 is 11.6. The van der Waals surface area contributed by atoms with Gasteiger partial charge in [-0.1, -0.05) is 6.07 Å². The molecule has 0 spiro atoms. The average Bonchev–Trinajstić information content (AvgIpc) is 2.47. The van der Waals surface area contributed by atoms with E-state index in [4.69, 9.17) is 28.3 Å². The molecular formula is C15H20Cl2N2O3. The predicted molar refractivity (Wildman–Crippen MR) is 90.3 cm³/mol. The molecule has 1 aromatic carbocycles. The van der Waals surface area contributed by atoms with E-state index in [9.17, 15) is 9.59 Å². The van der Waals surface area contributed by atoms with Crippen molar-refractivity contribution in [2.24, 2.45) is 0 Å². The Labute approximate surface area is 140 Å². The Morgan fingerprint density at radius 1 is 1.18 bits per heavy atom. The first-order valence-electron chi connectivity index (χ1n) is 6.97. The second-order valence-electron chi connectivity index (χ2n) is 4.81. The summed E-state index contributed by atoms with van der Waals surface area (Å²) in [5.74, 6) is -0.351. The molecular weight excluding hydrogens is 327 g/mol. The molecule has 0 saturated heterocycles. The van der Waals surface area contributed by atoms with E-state index in [0.29, 0.717) is 30.5 Å². The molecule has 0 atom stereocenters. The number of hydrogen-bond donors (Lipinski definition) is 2. The summed E-state index contributed by atoms with van der Waals surface area (Å²) in [5.41, 5.74) is 2.49. The van der Waals surface area contributed by atoms with Crippen LogP contribution < -0.4 is 10.2 Å². The molecule has 2 N–H and O–H groups in total. The first-order chi connectivity index (χ1) is 10.5. The number of benzene rings is 1. The molecule has 0 aliphatic heterocycles. The summed E-state index contributed by atoms with van der Waals surface area (Å²) in [6.07, 6.45) is -0.235. The third kappa shape index (κ3) is 6.12.